The molecule has 4 nitrogen and oxygen atoms in total. The van der Waals surface area contributed by atoms with E-state index < -0.39 is 5.95 Å². The highest BCUT2D eigenvalue weighted by molar-refractivity contribution is 5.60. The third kappa shape index (κ3) is 1.52. The van der Waals surface area contributed by atoms with Crippen LogP contribution in [0.3, 0.4) is 0 Å². The summed E-state index contributed by atoms with van der Waals surface area (Å²) in [5.41, 5.74) is 0.670. The molecule has 0 unspecified atom stereocenters. The average Bonchev–Trinajstić information content (AvgIpc) is 2.20. The Hall–Kier alpha value is -2.04. The van der Waals surface area contributed by atoms with Crippen LogP contribution in [0.25, 0.3) is 11.1 Å². The van der Waals surface area contributed by atoms with Gasteiger partial charge in [0.05, 0.1) is 5.56 Å². The van der Waals surface area contributed by atoms with E-state index in [9.17, 15) is 9.18 Å². The molecule has 0 amide bonds. The summed E-state index contributed by atoms with van der Waals surface area (Å²) in [5.74, 6) is -0.570. The van der Waals surface area contributed by atoms with Crippen molar-refractivity contribution in [3.8, 4) is 11.1 Å². The van der Waals surface area contributed by atoms with E-state index in [0.29, 0.717) is 11.1 Å². The number of H-pyrrole nitrogens is 1. The molecule has 2 heterocycles. The monoisotopic (exact) mass is 191 g/mol. The fourth-order valence-corrected chi connectivity index (χ4v) is 1.11. The molecule has 0 saturated carbocycles. The molecule has 0 aliphatic rings. The maximum absolute atomic E-state index is 12.5. The molecule has 2 aromatic rings. The Balaban J connectivity index is 2.56. The van der Waals surface area contributed by atoms with Gasteiger partial charge in [0.2, 0.25) is 5.95 Å². The lowest BCUT2D eigenvalue weighted by Gasteiger charge is -1.97. The predicted octanol–water partition coefficient (Wildman–Crippen LogP) is 0.971. The van der Waals surface area contributed by atoms with Gasteiger partial charge in [0.15, 0.2) is 0 Å². The van der Waals surface area contributed by atoms with Crippen LogP contribution in [0, 0.1) is 5.95 Å². The Bertz CT molecular complexity index is 492. The SMILES string of the molecule is O=c1[nH]nccc1-c1ccc(F)nc1. The van der Waals surface area contributed by atoms with Crippen molar-refractivity contribution in [1.29, 1.82) is 0 Å². The fraction of sp³-hybridized carbons (Fsp3) is 0. The Morgan fingerprint density at radius 1 is 1.29 bits per heavy atom. The van der Waals surface area contributed by atoms with Gasteiger partial charge >= 0.3 is 0 Å². The Morgan fingerprint density at radius 2 is 2.14 bits per heavy atom. The van der Waals surface area contributed by atoms with Crippen LogP contribution in [-0.2, 0) is 0 Å². The van der Waals surface area contributed by atoms with E-state index in [1.54, 1.807) is 6.07 Å². The molecule has 2 rings (SSSR count). The Labute approximate surface area is 78.4 Å². The Kier molecular flexibility index (Phi) is 2.06. The first-order valence-electron chi connectivity index (χ1n) is 3.93. The van der Waals surface area contributed by atoms with Crippen LogP contribution in [0.2, 0.25) is 0 Å². The molecule has 14 heavy (non-hydrogen) atoms. The van der Waals surface area contributed by atoms with Crippen molar-refractivity contribution in [1.82, 2.24) is 15.2 Å². The summed E-state index contributed by atoms with van der Waals surface area (Å²) in [5, 5.41) is 5.84. The third-order valence-corrected chi connectivity index (χ3v) is 1.76. The van der Waals surface area contributed by atoms with E-state index in [2.05, 4.69) is 15.2 Å². The van der Waals surface area contributed by atoms with Crippen LogP contribution in [0.4, 0.5) is 4.39 Å². The van der Waals surface area contributed by atoms with Crippen molar-refractivity contribution in [3.63, 3.8) is 0 Å². The second-order valence-corrected chi connectivity index (χ2v) is 2.67. The first kappa shape index (κ1) is 8.55. The Morgan fingerprint density at radius 3 is 2.79 bits per heavy atom. The maximum Gasteiger partial charge on any atom is 0.272 e. The number of halogens is 1. The highest BCUT2D eigenvalue weighted by Crippen LogP contribution is 2.12. The van der Waals surface area contributed by atoms with Crippen molar-refractivity contribution in [2.75, 3.05) is 0 Å². The van der Waals surface area contributed by atoms with Crippen LogP contribution >= 0.6 is 0 Å². The minimum Gasteiger partial charge on any atom is -0.267 e. The average molecular weight is 191 g/mol. The van der Waals surface area contributed by atoms with E-state index in [-0.39, 0.29) is 5.56 Å². The number of hydrogen-bond donors (Lipinski definition) is 1. The number of pyridine rings is 1. The van der Waals surface area contributed by atoms with Gasteiger partial charge in [-0.2, -0.15) is 9.49 Å². The molecular weight excluding hydrogens is 185 g/mol. The van der Waals surface area contributed by atoms with Crippen molar-refractivity contribution < 1.29 is 4.39 Å². The van der Waals surface area contributed by atoms with E-state index >= 15 is 0 Å². The molecule has 0 atom stereocenters. The molecule has 0 radical (unpaired) electrons. The van der Waals surface area contributed by atoms with Crippen LogP contribution in [0.5, 0.6) is 0 Å². The highest BCUT2D eigenvalue weighted by atomic mass is 19.1. The van der Waals surface area contributed by atoms with Gasteiger partial charge in [-0.1, -0.05) is 0 Å². The molecule has 0 bridgehead atoms. The van der Waals surface area contributed by atoms with Crippen molar-refractivity contribution >= 4 is 0 Å². The fourth-order valence-electron chi connectivity index (χ4n) is 1.11. The van der Waals surface area contributed by atoms with Crippen LogP contribution in [0.15, 0.2) is 35.4 Å². The third-order valence-electron chi connectivity index (χ3n) is 1.76. The van der Waals surface area contributed by atoms with Gasteiger partial charge in [-0.3, -0.25) is 4.79 Å². The maximum atomic E-state index is 12.5. The smallest absolute Gasteiger partial charge is 0.267 e. The molecule has 0 aliphatic heterocycles. The highest BCUT2D eigenvalue weighted by Gasteiger charge is 2.02. The number of hydrogen-bond acceptors (Lipinski definition) is 3. The summed E-state index contributed by atoms with van der Waals surface area (Å²) >= 11 is 0. The largest absolute Gasteiger partial charge is 0.272 e. The molecule has 0 saturated heterocycles. The predicted molar refractivity (Wildman–Crippen MR) is 48.0 cm³/mol. The van der Waals surface area contributed by atoms with E-state index in [4.69, 9.17) is 0 Å². The molecule has 1 N–H and O–H groups in total. The van der Waals surface area contributed by atoms with Gasteiger partial charge in [-0.05, 0) is 18.2 Å². The van der Waals surface area contributed by atoms with Gasteiger partial charge in [0.1, 0.15) is 0 Å². The van der Waals surface area contributed by atoms with Crippen LogP contribution in [-0.4, -0.2) is 15.2 Å². The molecule has 70 valence electrons. The lowest BCUT2D eigenvalue weighted by atomic mass is 10.1. The van der Waals surface area contributed by atoms with E-state index in [1.165, 1.54) is 24.5 Å². The number of rotatable bonds is 1. The summed E-state index contributed by atoms with van der Waals surface area (Å²) in [7, 11) is 0. The standard InChI is InChI=1S/C9H6FN3O/c10-8-2-1-6(5-11-8)7-3-4-12-13-9(7)14/h1-5H,(H,13,14). The summed E-state index contributed by atoms with van der Waals surface area (Å²) < 4.78 is 12.5. The second-order valence-electron chi connectivity index (χ2n) is 2.67. The molecule has 2 aromatic heterocycles. The number of nitrogens with zero attached hydrogens (tertiary/aromatic N) is 2. The van der Waals surface area contributed by atoms with Crippen molar-refractivity contribution in [2.45, 2.75) is 0 Å². The lowest BCUT2D eigenvalue weighted by molar-refractivity contribution is 0.584. The molecule has 0 aromatic carbocycles. The zero-order valence-electron chi connectivity index (χ0n) is 7.07. The van der Waals surface area contributed by atoms with Crippen molar-refractivity contribution in [2.24, 2.45) is 0 Å². The summed E-state index contributed by atoms with van der Waals surface area (Å²) in [6.07, 6.45) is 2.76. The van der Waals surface area contributed by atoms with Gasteiger partial charge in [-0.25, -0.2) is 10.1 Å². The molecule has 0 spiro atoms. The zero-order chi connectivity index (χ0) is 9.97. The second kappa shape index (κ2) is 3.37. The minimum absolute atomic E-state index is 0.319. The zero-order valence-corrected chi connectivity index (χ0v) is 7.07. The molecule has 0 aliphatic carbocycles. The lowest BCUT2D eigenvalue weighted by Crippen LogP contribution is -2.09. The first-order valence-corrected chi connectivity index (χ1v) is 3.93. The normalized spacial score (nSPS) is 10.1. The number of aromatic nitrogens is 3. The van der Waals surface area contributed by atoms with E-state index in [1.807, 2.05) is 0 Å². The first-order chi connectivity index (χ1) is 6.77. The molecule has 0 fully saturated rings. The summed E-state index contributed by atoms with van der Waals surface area (Å²) in [6.45, 7) is 0. The van der Waals surface area contributed by atoms with Gasteiger partial charge in [0.25, 0.3) is 5.56 Å². The molecule has 5 heteroatoms. The number of nitrogens with one attached hydrogen (secondary N) is 1. The summed E-state index contributed by atoms with van der Waals surface area (Å²) in [4.78, 5) is 14.7. The topological polar surface area (TPSA) is 58.6 Å². The van der Waals surface area contributed by atoms with Gasteiger partial charge in [-0.15, -0.1) is 0 Å². The quantitative estimate of drug-likeness (QED) is 0.683. The van der Waals surface area contributed by atoms with Crippen molar-refractivity contribution in [3.05, 3.63) is 46.9 Å². The van der Waals surface area contributed by atoms with Crippen LogP contribution < -0.4 is 5.56 Å². The molecular formula is C9H6FN3O. The van der Waals surface area contributed by atoms with Crippen LogP contribution in [0.1, 0.15) is 0 Å². The van der Waals surface area contributed by atoms with E-state index in [0.717, 1.165) is 0 Å². The minimum atomic E-state index is -0.570. The number of aromatic amines is 1. The summed E-state index contributed by atoms with van der Waals surface area (Å²) in [6, 6.07) is 4.25. The van der Waals surface area contributed by atoms with Gasteiger partial charge < -0.3 is 0 Å². The van der Waals surface area contributed by atoms with Gasteiger partial charge in [0, 0.05) is 18.0 Å².